The van der Waals surface area contributed by atoms with E-state index in [0.717, 1.165) is 11.2 Å². The molecule has 0 saturated carbocycles. The predicted octanol–water partition coefficient (Wildman–Crippen LogP) is 3.97. The van der Waals surface area contributed by atoms with E-state index in [0.29, 0.717) is 4.83 Å². The Bertz CT molecular complexity index is 71.7. The van der Waals surface area contributed by atoms with Gasteiger partial charge in [0, 0.05) is 10.2 Å². The van der Waals surface area contributed by atoms with Crippen molar-refractivity contribution >= 4 is 31.9 Å². The lowest BCUT2D eigenvalue weighted by Crippen LogP contribution is -2.00. The Morgan fingerprint density at radius 3 is 2.10 bits per heavy atom. The topological polar surface area (TPSA) is 0 Å². The van der Waals surface area contributed by atoms with Crippen molar-refractivity contribution in [2.75, 3.05) is 5.33 Å². The van der Waals surface area contributed by atoms with Gasteiger partial charge < -0.3 is 0 Å². The smallest absolute Gasteiger partial charge is 0.0153 e. The van der Waals surface area contributed by atoms with Crippen LogP contribution in [0.3, 0.4) is 0 Å². The Morgan fingerprint density at radius 1 is 1.10 bits per heavy atom. The first-order valence-electron chi connectivity index (χ1n) is 3.86. The predicted molar refractivity (Wildman–Crippen MR) is 55.2 cm³/mol. The van der Waals surface area contributed by atoms with Crippen LogP contribution in [0.5, 0.6) is 0 Å². The fourth-order valence-corrected chi connectivity index (χ4v) is 2.44. The molecular weight excluding hydrogens is 256 g/mol. The highest BCUT2D eigenvalue weighted by Crippen LogP contribution is 2.16. The minimum absolute atomic E-state index is 0.717. The standard InChI is InChI=1S/C8H16Br2/c1-7(2)3-4-8(10)5-6-9/h7-8H,3-6H2,1-2H3/t8-/m1/s1. The van der Waals surface area contributed by atoms with Crippen LogP contribution in [0.1, 0.15) is 33.1 Å². The molecule has 0 bridgehead atoms. The summed E-state index contributed by atoms with van der Waals surface area (Å²) in [5.74, 6) is 0.843. The molecule has 0 rings (SSSR count). The van der Waals surface area contributed by atoms with Crippen LogP contribution < -0.4 is 0 Å². The lowest BCUT2D eigenvalue weighted by Gasteiger charge is -2.08. The van der Waals surface area contributed by atoms with E-state index in [1.54, 1.807) is 0 Å². The molecular formula is C8H16Br2. The normalized spacial score (nSPS) is 14.1. The minimum Gasteiger partial charge on any atom is -0.0928 e. The van der Waals surface area contributed by atoms with Crippen LogP contribution in [-0.2, 0) is 0 Å². The molecule has 0 aliphatic carbocycles. The summed E-state index contributed by atoms with van der Waals surface area (Å²) >= 11 is 7.06. The molecule has 0 unspecified atom stereocenters. The number of hydrogen-bond donors (Lipinski definition) is 0. The maximum atomic E-state index is 3.64. The fraction of sp³-hybridized carbons (Fsp3) is 1.00. The van der Waals surface area contributed by atoms with E-state index >= 15 is 0 Å². The van der Waals surface area contributed by atoms with Gasteiger partial charge in [0.1, 0.15) is 0 Å². The van der Waals surface area contributed by atoms with Crippen molar-refractivity contribution in [3.63, 3.8) is 0 Å². The van der Waals surface area contributed by atoms with E-state index in [2.05, 4.69) is 45.7 Å². The van der Waals surface area contributed by atoms with Gasteiger partial charge in [0.2, 0.25) is 0 Å². The molecule has 0 N–H and O–H groups in total. The Balaban J connectivity index is 3.12. The third-order valence-electron chi connectivity index (χ3n) is 1.48. The molecule has 0 nitrogen and oxygen atoms in total. The Morgan fingerprint density at radius 2 is 1.70 bits per heavy atom. The van der Waals surface area contributed by atoms with Gasteiger partial charge >= 0.3 is 0 Å². The lowest BCUT2D eigenvalue weighted by atomic mass is 10.1. The molecule has 0 aromatic heterocycles. The van der Waals surface area contributed by atoms with E-state index in [4.69, 9.17) is 0 Å². The van der Waals surface area contributed by atoms with Crippen LogP contribution in [0, 0.1) is 5.92 Å². The first-order chi connectivity index (χ1) is 4.66. The van der Waals surface area contributed by atoms with Crippen molar-refractivity contribution < 1.29 is 0 Å². The van der Waals surface area contributed by atoms with E-state index in [1.807, 2.05) is 0 Å². The van der Waals surface area contributed by atoms with Crippen LogP contribution in [-0.4, -0.2) is 10.2 Å². The molecule has 62 valence electrons. The van der Waals surface area contributed by atoms with Crippen LogP contribution >= 0.6 is 31.9 Å². The molecule has 0 fully saturated rings. The molecule has 0 radical (unpaired) electrons. The minimum atomic E-state index is 0.717. The SMILES string of the molecule is CC(C)CC[C@@H](Br)CCBr. The first kappa shape index (κ1) is 11.0. The molecule has 0 aromatic carbocycles. The zero-order valence-corrected chi connectivity index (χ0v) is 9.91. The van der Waals surface area contributed by atoms with Crippen LogP contribution in [0.15, 0.2) is 0 Å². The number of alkyl halides is 2. The van der Waals surface area contributed by atoms with Gasteiger partial charge in [0.05, 0.1) is 0 Å². The van der Waals surface area contributed by atoms with Crippen LogP contribution in [0.2, 0.25) is 0 Å². The highest BCUT2D eigenvalue weighted by Gasteiger charge is 2.03. The van der Waals surface area contributed by atoms with Crippen molar-refractivity contribution in [3.05, 3.63) is 0 Å². The van der Waals surface area contributed by atoms with Crippen LogP contribution in [0.25, 0.3) is 0 Å². The van der Waals surface area contributed by atoms with Gasteiger partial charge in [0.25, 0.3) is 0 Å². The third-order valence-corrected chi connectivity index (χ3v) is 2.85. The summed E-state index contributed by atoms with van der Waals surface area (Å²) < 4.78 is 0. The second-order valence-electron chi connectivity index (χ2n) is 3.05. The Hall–Kier alpha value is 0.960. The molecule has 0 heterocycles. The highest BCUT2D eigenvalue weighted by molar-refractivity contribution is 9.10. The maximum absolute atomic E-state index is 3.64. The van der Waals surface area contributed by atoms with E-state index < -0.39 is 0 Å². The number of halogens is 2. The van der Waals surface area contributed by atoms with Crippen molar-refractivity contribution in [2.45, 2.75) is 37.9 Å². The van der Waals surface area contributed by atoms with Crippen molar-refractivity contribution in [3.8, 4) is 0 Å². The van der Waals surface area contributed by atoms with Gasteiger partial charge in [-0.1, -0.05) is 45.7 Å². The summed E-state index contributed by atoms with van der Waals surface area (Å²) in [5, 5.41) is 1.11. The van der Waals surface area contributed by atoms with Crippen molar-refractivity contribution in [1.29, 1.82) is 0 Å². The van der Waals surface area contributed by atoms with Crippen LogP contribution in [0.4, 0.5) is 0 Å². The summed E-state index contributed by atoms with van der Waals surface area (Å²) in [5.41, 5.74) is 0. The molecule has 0 saturated heterocycles. The second-order valence-corrected chi connectivity index (χ2v) is 5.13. The molecule has 0 spiro atoms. The molecule has 10 heavy (non-hydrogen) atoms. The largest absolute Gasteiger partial charge is 0.0928 e. The molecule has 0 amide bonds. The van der Waals surface area contributed by atoms with Crippen molar-refractivity contribution in [1.82, 2.24) is 0 Å². The van der Waals surface area contributed by atoms with Gasteiger partial charge in [-0.3, -0.25) is 0 Å². The van der Waals surface area contributed by atoms with Gasteiger partial charge in [-0.25, -0.2) is 0 Å². The summed E-state index contributed by atoms with van der Waals surface area (Å²) in [6.07, 6.45) is 3.89. The molecule has 0 aromatic rings. The molecule has 0 aliphatic rings. The van der Waals surface area contributed by atoms with E-state index in [9.17, 15) is 0 Å². The van der Waals surface area contributed by atoms with Gasteiger partial charge in [-0.05, 0) is 25.2 Å². The molecule has 2 heteroatoms. The quantitative estimate of drug-likeness (QED) is 0.664. The number of rotatable bonds is 5. The molecule has 0 aliphatic heterocycles. The van der Waals surface area contributed by atoms with E-state index in [-0.39, 0.29) is 0 Å². The Labute approximate surface area is 81.0 Å². The summed E-state index contributed by atoms with van der Waals surface area (Å²) in [4.78, 5) is 0.717. The average molecular weight is 272 g/mol. The monoisotopic (exact) mass is 270 g/mol. The molecule has 1 atom stereocenters. The lowest BCUT2D eigenvalue weighted by molar-refractivity contribution is 0.545. The third kappa shape index (κ3) is 7.07. The van der Waals surface area contributed by atoms with Gasteiger partial charge in [0.15, 0.2) is 0 Å². The van der Waals surface area contributed by atoms with Gasteiger partial charge in [-0.15, -0.1) is 0 Å². The second kappa shape index (κ2) is 6.66. The van der Waals surface area contributed by atoms with Gasteiger partial charge in [-0.2, -0.15) is 0 Å². The highest BCUT2D eigenvalue weighted by atomic mass is 79.9. The maximum Gasteiger partial charge on any atom is 0.0153 e. The number of hydrogen-bond acceptors (Lipinski definition) is 0. The first-order valence-corrected chi connectivity index (χ1v) is 5.90. The summed E-state index contributed by atoms with van der Waals surface area (Å²) in [6.45, 7) is 4.54. The summed E-state index contributed by atoms with van der Waals surface area (Å²) in [7, 11) is 0. The zero-order chi connectivity index (χ0) is 7.98. The van der Waals surface area contributed by atoms with E-state index in [1.165, 1.54) is 19.3 Å². The zero-order valence-electron chi connectivity index (χ0n) is 6.74. The Kier molecular flexibility index (Phi) is 7.30. The fourth-order valence-electron chi connectivity index (χ4n) is 0.777. The average Bonchev–Trinajstić information content (AvgIpc) is 1.85. The summed E-state index contributed by atoms with van der Waals surface area (Å²) in [6, 6.07) is 0. The van der Waals surface area contributed by atoms with Crippen molar-refractivity contribution in [2.24, 2.45) is 5.92 Å².